The molecule has 0 spiro atoms. The quantitative estimate of drug-likeness (QED) is 0.430. The first-order valence-corrected chi connectivity index (χ1v) is 12.8. The summed E-state index contributed by atoms with van der Waals surface area (Å²) in [4.78, 5) is 13.1. The smallest absolute Gasteiger partial charge is 0.268 e. The Kier molecular flexibility index (Phi) is 8.30. The third kappa shape index (κ3) is 5.89. The molecule has 0 heterocycles. The first kappa shape index (κ1) is 26.4. The van der Waals surface area contributed by atoms with E-state index in [9.17, 15) is 13.2 Å². The van der Waals surface area contributed by atoms with Gasteiger partial charge in [0.05, 0.1) is 25.9 Å². The van der Waals surface area contributed by atoms with Gasteiger partial charge in [-0.1, -0.05) is 41.9 Å². The standard InChI is InChI=1S/C26H29ClN2O5S/c1-17-10-13-24(34-5)25(14-17)35(31,32)29(20-12-11-18(2)22(27)15-20)16-26(30)28-19(3)21-8-6-7-9-23(21)33-4/h6-15,19H,16H2,1-5H3,(H,28,30)/t19-/m0/s1. The Morgan fingerprint density at radius 1 is 1.00 bits per heavy atom. The van der Waals surface area contributed by atoms with E-state index in [0.717, 1.165) is 21.0 Å². The lowest BCUT2D eigenvalue weighted by Crippen LogP contribution is -2.41. The number of ether oxygens (including phenoxy) is 2. The van der Waals surface area contributed by atoms with Gasteiger partial charge in [0, 0.05) is 10.6 Å². The van der Waals surface area contributed by atoms with Crippen LogP contribution < -0.4 is 19.1 Å². The number of anilines is 1. The number of halogens is 1. The summed E-state index contributed by atoms with van der Waals surface area (Å²) in [6.07, 6.45) is 0. The highest BCUT2D eigenvalue weighted by molar-refractivity contribution is 7.93. The molecule has 9 heteroatoms. The lowest BCUT2D eigenvalue weighted by Gasteiger charge is -2.26. The molecule has 0 bridgehead atoms. The zero-order valence-corrected chi connectivity index (χ0v) is 21.9. The predicted molar refractivity (Wildman–Crippen MR) is 138 cm³/mol. The molecule has 3 aromatic rings. The fourth-order valence-corrected chi connectivity index (χ4v) is 5.51. The van der Waals surface area contributed by atoms with Crippen molar-refractivity contribution in [3.8, 4) is 11.5 Å². The fourth-order valence-electron chi connectivity index (χ4n) is 3.68. The minimum Gasteiger partial charge on any atom is -0.496 e. The zero-order chi connectivity index (χ0) is 25.8. The van der Waals surface area contributed by atoms with Crippen LogP contribution in [0.2, 0.25) is 5.02 Å². The number of hydrogen-bond donors (Lipinski definition) is 1. The lowest BCUT2D eigenvalue weighted by atomic mass is 10.1. The largest absolute Gasteiger partial charge is 0.496 e. The molecule has 1 amide bonds. The maximum absolute atomic E-state index is 13.9. The summed E-state index contributed by atoms with van der Waals surface area (Å²) in [6.45, 7) is 4.95. The average Bonchev–Trinajstić information content (AvgIpc) is 2.84. The molecular formula is C26H29ClN2O5S. The molecule has 0 saturated carbocycles. The first-order valence-electron chi connectivity index (χ1n) is 10.9. The van der Waals surface area contributed by atoms with E-state index >= 15 is 0 Å². The second kappa shape index (κ2) is 11.0. The number of carbonyl (C=O) groups excluding carboxylic acids is 1. The number of methoxy groups -OCH3 is 2. The molecule has 186 valence electrons. The van der Waals surface area contributed by atoms with Crippen molar-refractivity contribution in [3.63, 3.8) is 0 Å². The monoisotopic (exact) mass is 516 g/mol. The molecule has 0 aliphatic heterocycles. The van der Waals surface area contributed by atoms with E-state index in [1.165, 1.54) is 19.2 Å². The molecule has 1 N–H and O–H groups in total. The van der Waals surface area contributed by atoms with Gasteiger partial charge in [0.15, 0.2) is 0 Å². The van der Waals surface area contributed by atoms with Gasteiger partial charge in [-0.25, -0.2) is 8.42 Å². The van der Waals surface area contributed by atoms with E-state index < -0.39 is 28.5 Å². The number of sulfonamides is 1. The van der Waals surface area contributed by atoms with Crippen LogP contribution in [0.5, 0.6) is 11.5 Å². The zero-order valence-electron chi connectivity index (χ0n) is 20.3. The molecule has 7 nitrogen and oxygen atoms in total. The minimum atomic E-state index is -4.19. The van der Waals surface area contributed by atoms with Crippen molar-refractivity contribution < 1.29 is 22.7 Å². The Morgan fingerprint density at radius 3 is 2.34 bits per heavy atom. The van der Waals surface area contributed by atoms with E-state index in [1.807, 2.05) is 25.1 Å². The van der Waals surface area contributed by atoms with Crippen LogP contribution in [0.15, 0.2) is 65.6 Å². The van der Waals surface area contributed by atoms with Gasteiger partial charge in [-0.15, -0.1) is 0 Å². The van der Waals surface area contributed by atoms with Crippen LogP contribution in [0.25, 0.3) is 0 Å². The Hall–Kier alpha value is -3.23. The number of aryl methyl sites for hydroxylation is 2. The van der Waals surface area contributed by atoms with Crippen LogP contribution in [-0.2, 0) is 14.8 Å². The summed E-state index contributed by atoms with van der Waals surface area (Å²) in [5, 5.41) is 3.26. The molecule has 0 unspecified atom stereocenters. The predicted octanol–water partition coefficient (Wildman–Crippen LogP) is 5.05. The van der Waals surface area contributed by atoms with Crippen LogP contribution in [0.1, 0.15) is 29.7 Å². The van der Waals surface area contributed by atoms with Crippen molar-refractivity contribution >= 4 is 33.2 Å². The number of benzene rings is 3. The third-order valence-corrected chi connectivity index (χ3v) is 7.80. The summed E-state index contributed by atoms with van der Waals surface area (Å²) >= 11 is 6.31. The molecule has 3 aromatic carbocycles. The van der Waals surface area contributed by atoms with Gasteiger partial charge in [-0.05, 0) is 62.2 Å². The lowest BCUT2D eigenvalue weighted by molar-refractivity contribution is -0.120. The van der Waals surface area contributed by atoms with Crippen molar-refractivity contribution in [1.82, 2.24) is 5.32 Å². The molecule has 3 rings (SSSR count). The Labute approximate surface area is 211 Å². The number of nitrogens with one attached hydrogen (secondary N) is 1. The van der Waals surface area contributed by atoms with Gasteiger partial charge in [-0.3, -0.25) is 9.10 Å². The van der Waals surface area contributed by atoms with E-state index in [-0.39, 0.29) is 16.3 Å². The van der Waals surface area contributed by atoms with Crippen LogP contribution >= 0.6 is 11.6 Å². The number of para-hydroxylation sites is 1. The van der Waals surface area contributed by atoms with Crippen LogP contribution in [0.4, 0.5) is 5.69 Å². The Morgan fingerprint density at radius 2 is 1.69 bits per heavy atom. The first-order chi connectivity index (χ1) is 16.6. The van der Waals surface area contributed by atoms with E-state index in [1.54, 1.807) is 51.3 Å². The summed E-state index contributed by atoms with van der Waals surface area (Å²) in [5.74, 6) is 0.316. The van der Waals surface area contributed by atoms with Gasteiger partial charge in [0.2, 0.25) is 5.91 Å². The maximum atomic E-state index is 13.9. The highest BCUT2D eigenvalue weighted by Crippen LogP contribution is 2.33. The number of nitrogens with zero attached hydrogens (tertiary/aromatic N) is 1. The van der Waals surface area contributed by atoms with Crippen LogP contribution in [0, 0.1) is 13.8 Å². The Bertz CT molecular complexity index is 1330. The highest BCUT2D eigenvalue weighted by Gasteiger charge is 2.31. The molecule has 35 heavy (non-hydrogen) atoms. The number of carbonyl (C=O) groups is 1. The molecule has 0 saturated heterocycles. The molecule has 1 atom stereocenters. The molecule has 0 aliphatic carbocycles. The van der Waals surface area contributed by atoms with Crippen molar-refractivity contribution in [2.24, 2.45) is 0 Å². The van der Waals surface area contributed by atoms with Crippen molar-refractivity contribution in [2.75, 3.05) is 25.1 Å². The second-order valence-corrected chi connectivity index (χ2v) is 10.4. The molecule has 0 aromatic heterocycles. The van der Waals surface area contributed by atoms with Crippen molar-refractivity contribution in [3.05, 3.63) is 82.4 Å². The van der Waals surface area contributed by atoms with Gasteiger partial charge < -0.3 is 14.8 Å². The SMILES string of the molecule is COc1ccccc1[C@H](C)NC(=O)CN(c1ccc(C)c(Cl)c1)S(=O)(=O)c1cc(C)ccc1OC. The fraction of sp³-hybridized carbons (Fsp3) is 0.269. The summed E-state index contributed by atoms with van der Waals surface area (Å²) in [6, 6.07) is 16.6. The maximum Gasteiger partial charge on any atom is 0.268 e. The Balaban J connectivity index is 2.00. The van der Waals surface area contributed by atoms with Crippen molar-refractivity contribution in [2.45, 2.75) is 31.7 Å². The highest BCUT2D eigenvalue weighted by atomic mass is 35.5. The number of rotatable bonds is 9. The van der Waals surface area contributed by atoms with Gasteiger partial charge in [0.25, 0.3) is 10.0 Å². The number of hydrogen-bond acceptors (Lipinski definition) is 5. The van der Waals surface area contributed by atoms with Gasteiger partial charge >= 0.3 is 0 Å². The van der Waals surface area contributed by atoms with Crippen LogP contribution in [-0.4, -0.2) is 35.1 Å². The van der Waals surface area contributed by atoms with Crippen LogP contribution in [0.3, 0.4) is 0 Å². The van der Waals surface area contributed by atoms with E-state index in [4.69, 9.17) is 21.1 Å². The summed E-state index contributed by atoms with van der Waals surface area (Å²) in [7, 11) is -1.24. The normalized spacial score (nSPS) is 12.1. The minimum absolute atomic E-state index is 0.0396. The van der Waals surface area contributed by atoms with E-state index in [2.05, 4.69) is 5.32 Å². The molecule has 0 radical (unpaired) electrons. The van der Waals surface area contributed by atoms with Gasteiger partial charge in [-0.2, -0.15) is 0 Å². The average molecular weight is 517 g/mol. The summed E-state index contributed by atoms with van der Waals surface area (Å²) in [5.41, 5.74) is 2.57. The second-order valence-electron chi connectivity index (χ2n) is 8.13. The van der Waals surface area contributed by atoms with Gasteiger partial charge in [0.1, 0.15) is 22.9 Å². The third-order valence-electron chi connectivity index (χ3n) is 5.60. The van der Waals surface area contributed by atoms with Crippen molar-refractivity contribution in [1.29, 1.82) is 0 Å². The topological polar surface area (TPSA) is 84.9 Å². The summed E-state index contributed by atoms with van der Waals surface area (Å²) < 4.78 is 39.5. The molecule has 0 fully saturated rings. The number of amides is 1. The van der Waals surface area contributed by atoms with E-state index in [0.29, 0.717) is 10.8 Å². The molecule has 0 aliphatic rings. The molecular weight excluding hydrogens is 488 g/mol.